The molecule has 0 bridgehead atoms. The number of hydrogen-bond acceptors (Lipinski definition) is 2. The van der Waals surface area contributed by atoms with Gasteiger partial charge >= 0.3 is 0 Å². The van der Waals surface area contributed by atoms with E-state index in [2.05, 4.69) is 32.9 Å². The summed E-state index contributed by atoms with van der Waals surface area (Å²) in [5.41, 5.74) is 1.40. The molecule has 0 radical (unpaired) electrons. The largest absolute Gasteiger partial charge is 0.481 e. The van der Waals surface area contributed by atoms with E-state index in [0.29, 0.717) is 0 Å². The van der Waals surface area contributed by atoms with E-state index < -0.39 is 6.10 Å². The van der Waals surface area contributed by atoms with E-state index in [1.807, 2.05) is 24.0 Å². The van der Waals surface area contributed by atoms with Gasteiger partial charge in [-0.05, 0) is 42.9 Å². The Hall–Kier alpha value is -1.51. The van der Waals surface area contributed by atoms with Crippen LogP contribution in [-0.2, 0) is 10.2 Å². The standard InChI is InChI=1S/C19H29NO2/c1-15(18(21)20-13-7-5-6-8-14-20)22-17-11-9-16(10-12-17)19(2,3)4/h9-12,15H,5-8,13-14H2,1-4H3/t15-/m0/s1. The van der Waals surface area contributed by atoms with E-state index >= 15 is 0 Å². The Morgan fingerprint density at radius 1 is 1.05 bits per heavy atom. The quantitative estimate of drug-likeness (QED) is 0.839. The number of ether oxygens (including phenoxy) is 1. The van der Waals surface area contributed by atoms with Crippen molar-refractivity contribution in [1.82, 2.24) is 4.90 Å². The maximum Gasteiger partial charge on any atom is 0.263 e. The molecule has 0 saturated carbocycles. The molecule has 0 unspecified atom stereocenters. The first kappa shape index (κ1) is 16.9. The maximum absolute atomic E-state index is 12.5. The third-order valence-electron chi connectivity index (χ3n) is 4.30. The molecule has 22 heavy (non-hydrogen) atoms. The summed E-state index contributed by atoms with van der Waals surface area (Å²) in [6.07, 6.45) is 4.26. The molecule has 1 saturated heterocycles. The van der Waals surface area contributed by atoms with Gasteiger partial charge in [0.05, 0.1) is 0 Å². The van der Waals surface area contributed by atoms with Gasteiger partial charge in [-0.2, -0.15) is 0 Å². The minimum Gasteiger partial charge on any atom is -0.481 e. The lowest BCUT2D eigenvalue weighted by atomic mass is 9.87. The maximum atomic E-state index is 12.5. The van der Waals surface area contributed by atoms with Gasteiger partial charge in [0.2, 0.25) is 0 Å². The number of rotatable bonds is 3. The number of hydrogen-bond donors (Lipinski definition) is 0. The number of nitrogens with zero attached hydrogens (tertiary/aromatic N) is 1. The predicted molar refractivity (Wildman–Crippen MR) is 90.3 cm³/mol. The van der Waals surface area contributed by atoms with Crippen molar-refractivity contribution in [2.75, 3.05) is 13.1 Å². The zero-order valence-electron chi connectivity index (χ0n) is 14.4. The lowest BCUT2D eigenvalue weighted by molar-refractivity contribution is -0.137. The minimum absolute atomic E-state index is 0.113. The summed E-state index contributed by atoms with van der Waals surface area (Å²) >= 11 is 0. The van der Waals surface area contributed by atoms with Crippen LogP contribution in [0.4, 0.5) is 0 Å². The second-order valence-corrected chi connectivity index (χ2v) is 7.27. The summed E-state index contributed by atoms with van der Waals surface area (Å²) < 4.78 is 5.85. The zero-order valence-corrected chi connectivity index (χ0v) is 14.4. The number of likely N-dealkylation sites (tertiary alicyclic amines) is 1. The van der Waals surface area contributed by atoms with Gasteiger partial charge in [0.15, 0.2) is 6.10 Å². The summed E-state index contributed by atoms with van der Waals surface area (Å²) in [5, 5.41) is 0. The molecule has 1 heterocycles. The Morgan fingerprint density at radius 3 is 2.09 bits per heavy atom. The Morgan fingerprint density at radius 2 is 1.59 bits per heavy atom. The van der Waals surface area contributed by atoms with E-state index in [1.165, 1.54) is 18.4 Å². The highest BCUT2D eigenvalue weighted by atomic mass is 16.5. The number of carbonyl (C=O) groups excluding carboxylic acids is 1. The topological polar surface area (TPSA) is 29.5 Å². The average molecular weight is 303 g/mol. The average Bonchev–Trinajstić information content (AvgIpc) is 2.75. The summed E-state index contributed by atoms with van der Waals surface area (Å²) in [7, 11) is 0. The molecule has 1 atom stereocenters. The molecular weight excluding hydrogens is 274 g/mol. The van der Waals surface area contributed by atoms with Gasteiger partial charge < -0.3 is 9.64 Å². The minimum atomic E-state index is -0.418. The fraction of sp³-hybridized carbons (Fsp3) is 0.632. The van der Waals surface area contributed by atoms with E-state index in [0.717, 1.165) is 31.7 Å². The van der Waals surface area contributed by atoms with Gasteiger partial charge in [-0.3, -0.25) is 4.79 Å². The van der Waals surface area contributed by atoms with Crippen LogP contribution in [0.2, 0.25) is 0 Å². The van der Waals surface area contributed by atoms with Crippen LogP contribution in [0.5, 0.6) is 5.75 Å². The van der Waals surface area contributed by atoms with E-state index in [-0.39, 0.29) is 11.3 Å². The van der Waals surface area contributed by atoms with Crippen molar-refractivity contribution < 1.29 is 9.53 Å². The van der Waals surface area contributed by atoms with Gasteiger partial charge in [-0.15, -0.1) is 0 Å². The van der Waals surface area contributed by atoms with Crippen molar-refractivity contribution >= 4 is 5.91 Å². The molecule has 1 aromatic rings. The molecule has 3 heteroatoms. The van der Waals surface area contributed by atoms with Crippen molar-refractivity contribution in [3.63, 3.8) is 0 Å². The summed E-state index contributed by atoms with van der Waals surface area (Å²) in [6.45, 7) is 10.2. The highest BCUT2D eigenvalue weighted by Gasteiger charge is 2.23. The molecule has 1 amide bonds. The van der Waals surface area contributed by atoms with Crippen molar-refractivity contribution in [3.8, 4) is 5.75 Å². The Kier molecular flexibility index (Phi) is 5.49. The van der Waals surface area contributed by atoms with E-state index in [4.69, 9.17) is 4.74 Å². The molecule has 0 N–H and O–H groups in total. The number of amides is 1. The van der Waals surface area contributed by atoms with Crippen molar-refractivity contribution in [2.45, 2.75) is 64.9 Å². The van der Waals surface area contributed by atoms with Gasteiger partial charge in [-0.25, -0.2) is 0 Å². The molecule has 2 rings (SSSR count). The molecule has 0 spiro atoms. The van der Waals surface area contributed by atoms with Gasteiger partial charge in [0.1, 0.15) is 5.75 Å². The first-order valence-corrected chi connectivity index (χ1v) is 8.44. The second kappa shape index (κ2) is 7.17. The Bertz CT molecular complexity index is 479. The van der Waals surface area contributed by atoms with Crippen LogP contribution in [0.3, 0.4) is 0 Å². The summed E-state index contributed by atoms with van der Waals surface area (Å²) in [4.78, 5) is 14.4. The van der Waals surface area contributed by atoms with Crippen LogP contribution in [0.25, 0.3) is 0 Å². The van der Waals surface area contributed by atoms with Crippen LogP contribution in [-0.4, -0.2) is 30.0 Å². The molecular formula is C19H29NO2. The number of benzene rings is 1. The fourth-order valence-corrected chi connectivity index (χ4v) is 2.84. The highest BCUT2D eigenvalue weighted by molar-refractivity contribution is 5.80. The van der Waals surface area contributed by atoms with Crippen LogP contribution in [0.15, 0.2) is 24.3 Å². The van der Waals surface area contributed by atoms with Crippen molar-refractivity contribution in [1.29, 1.82) is 0 Å². The molecule has 0 aromatic heterocycles. The molecule has 1 aromatic carbocycles. The highest BCUT2D eigenvalue weighted by Crippen LogP contribution is 2.25. The lowest BCUT2D eigenvalue weighted by Gasteiger charge is -2.25. The normalized spacial score (nSPS) is 17.7. The Labute approximate surface area is 134 Å². The van der Waals surface area contributed by atoms with Crippen LogP contribution in [0.1, 0.15) is 58.9 Å². The zero-order chi connectivity index (χ0) is 16.2. The van der Waals surface area contributed by atoms with E-state index in [1.54, 1.807) is 0 Å². The Balaban J connectivity index is 1.95. The fourth-order valence-electron chi connectivity index (χ4n) is 2.84. The molecule has 1 aliphatic rings. The number of carbonyl (C=O) groups is 1. The monoisotopic (exact) mass is 303 g/mol. The SMILES string of the molecule is C[C@H](Oc1ccc(C(C)(C)C)cc1)C(=O)N1CCCCCC1. The van der Waals surface area contributed by atoms with Crippen LogP contribution >= 0.6 is 0 Å². The first-order valence-electron chi connectivity index (χ1n) is 8.44. The van der Waals surface area contributed by atoms with E-state index in [9.17, 15) is 4.79 Å². The second-order valence-electron chi connectivity index (χ2n) is 7.27. The van der Waals surface area contributed by atoms with Crippen LogP contribution in [0, 0.1) is 0 Å². The summed E-state index contributed by atoms with van der Waals surface area (Å²) in [6, 6.07) is 8.09. The van der Waals surface area contributed by atoms with Crippen molar-refractivity contribution in [2.24, 2.45) is 0 Å². The van der Waals surface area contributed by atoms with Gasteiger partial charge in [-0.1, -0.05) is 45.7 Å². The third kappa shape index (κ3) is 4.49. The van der Waals surface area contributed by atoms with Gasteiger partial charge in [0.25, 0.3) is 5.91 Å². The van der Waals surface area contributed by atoms with Crippen molar-refractivity contribution in [3.05, 3.63) is 29.8 Å². The van der Waals surface area contributed by atoms with Gasteiger partial charge in [0, 0.05) is 13.1 Å². The third-order valence-corrected chi connectivity index (χ3v) is 4.30. The molecule has 122 valence electrons. The lowest BCUT2D eigenvalue weighted by Crippen LogP contribution is -2.41. The first-order chi connectivity index (χ1) is 10.4. The van der Waals surface area contributed by atoms with Crippen LogP contribution < -0.4 is 4.74 Å². The molecule has 1 aliphatic heterocycles. The predicted octanol–water partition coefficient (Wildman–Crippen LogP) is 4.15. The molecule has 0 aliphatic carbocycles. The smallest absolute Gasteiger partial charge is 0.263 e. The summed E-state index contributed by atoms with van der Waals surface area (Å²) in [5.74, 6) is 0.880. The molecule has 1 fully saturated rings. The molecule has 3 nitrogen and oxygen atoms in total.